The Morgan fingerprint density at radius 2 is 2.13 bits per heavy atom. The number of aromatic nitrogens is 2. The number of rotatable bonds is 4. The lowest BCUT2D eigenvalue weighted by molar-refractivity contribution is -0.143. The van der Waals surface area contributed by atoms with Gasteiger partial charge in [0.1, 0.15) is 5.69 Å². The van der Waals surface area contributed by atoms with Crippen molar-refractivity contribution in [3.63, 3.8) is 0 Å². The second kappa shape index (κ2) is 6.47. The number of esters is 1. The largest absolute Gasteiger partial charge is 0.466 e. The first kappa shape index (κ1) is 15.6. The zero-order valence-electron chi connectivity index (χ0n) is 13.3. The molecule has 1 aliphatic heterocycles. The average molecular weight is 321 g/mol. The summed E-state index contributed by atoms with van der Waals surface area (Å²) in [4.78, 5) is 31.8. The van der Waals surface area contributed by atoms with Crippen LogP contribution in [0.5, 0.6) is 0 Å². The van der Waals surface area contributed by atoms with Crippen LogP contribution in [0.15, 0.2) is 4.79 Å². The maximum Gasteiger partial charge on any atom is 0.302 e. The van der Waals surface area contributed by atoms with E-state index in [1.807, 2.05) is 0 Å². The Kier molecular flexibility index (Phi) is 4.40. The fourth-order valence-electron chi connectivity index (χ4n) is 3.52. The van der Waals surface area contributed by atoms with Crippen molar-refractivity contribution in [2.24, 2.45) is 11.8 Å². The van der Waals surface area contributed by atoms with Crippen LogP contribution in [-0.4, -0.2) is 35.8 Å². The smallest absolute Gasteiger partial charge is 0.302 e. The standard InChI is InChI=1S/C15H23N5O3/c1-9(21)23-7-11-5-3-2-4-10(11)6-20-8-17-12-13(20)18-15(16)19-14(12)22/h10-11,17H,2-8H2,1H3,(H3,16,18,19,22). The van der Waals surface area contributed by atoms with Gasteiger partial charge >= 0.3 is 5.97 Å². The van der Waals surface area contributed by atoms with Crippen molar-refractivity contribution in [1.29, 1.82) is 0 Å². The molecule has 2 atom stereocenters. The molecule has 0 spiro atoms. The van der Waals surface area contributed by atoms with Crippen LogP contribution >= 0.6 is 0 Å². The van der Waals surface area contributed by atoms with Crippen molar-refractivity contribution in [2.75, 3.05) is 35.8 Å². The molecular formula is C15H23N5O3. The molecule has 8 heteroatoms. The van der Waals surface area contributed by atoms with E-state index < -0.39 is 0 Å². The van der Waals surface area contributed by atoms with E-state index in [1.54, 1.807) is 0 Å². The number of nitrogens with two attached hydrogens (primary N) is 1. The minimum atomic E-state index is -0.241. The highest BCUT2D eigenvalue weighted by Crippen LogP contribution is 2.34. The Morgan fingerprint density at radius 1 is 1.39 bits per heavy atom. The van der Waals surface area contributed by atoms with Gasteiger partial charge in [-0.25, -0.2) is 0 Å². The summed E-state index contributed by atoms with van der Waals surface area (Å²) in [5.74, 6) is 1.28. The molecule has 23 heavy (non-hydrogen) atoms. The van der Waals surface area contributed by atoms with E-state index in [0.29, 0.717) is 36.6 Å². The molecule has 1 fully saturated rings. The van der Waals surface area contributed by atoms with Crippen LogP contribution in [0.1, 0.15) is 32.6 Å². The lowest BCUT2D eigenvalue weighted by Gasteiger charge is -2.34. The van der Waals surface area contributed by atoms with Gasteiger partial charge in [-0.3, -0.25) is 14.6 Å². The van der Waals surface area contributed by atoms with Gasteiger partial charge in [0.25, 0.3) is 5.56 Å². The second-order valence-electron chi connectivity index (χ2n) is 6.31. The van der Waals surface area contributed by atoms with Gasteiger partial charge in [0.05, 0.1) is 13.3 Å². The lowest BCUT2D eigenvalue weighted by atomic mass is 9.79. The quantitative estimate of drug-likeness (QED) is 0.706. The lowest BCUT2D eigenvalue weighted by Crippen LogP contribution is -2.36. The van der Waals surface area contributed by atoms with Gasteiger partial charge < -0.3 is 20.7 Å². The first-order valence-corrected chi connectivity index (χ1v) is 8.06. The number of nitrogens with zero attached hydrogens (tertiary/aromatic N) is 2. The van der Waals surface area contributed by atoms with E-state index in [0.717, 1.165) is 19.4 Å². The molecule has 1 aromatic rings. The Hall–Kier alpha value is -2.25. The second-order valence-corrected chi connectivity index (χ2v) is 6.31. The summed E-state index contributed by atoms with van der Waals surface area (Å²) in [6.45, 7) is 3.24. The molecule has 1 aliphatic carbocycles. The number of nitrogen functional groups attached to an aromatic ring is 1. The van der Waals surface area contributed by atoms with Gasteiger partial charge in [-0.15, -0.1) is 0 Å². The normalized spacial score (nSPS) is 23.3. The van der Waals surface area contributed by atoms with E-state index in [9.17, 15) is 9.59 Å². The average Bonchev–Trinajstić information content (AvgIpc) is 2.89. The predicted molar refractivity (Wildman–Crippen MR) is 87.2 cm³/mol. The van der Waals surface area contributed by atoms with Crippen LogP contribution < -0.4 is 21.5 Å². The van der Waals surface area contributed by atoms with E-state index in [1.165, 1.54) is 19.8 Å². The summed E-state index contributed by atoms with van der Waals surface area (Å²) in [5, 5.41) is 3.08. The third kappa shape index (κ3) is 3.40. The van der Waals surface area contributed by atoms with Gasteiger partial charge in [-0.2, -0.15) is 4.98 Å². The Morgan fingerprint density at radius 3 is 2.87 bits per heavy atom. The van der Waals surface area contributed by atoms with Crippen LogP contribution in [0.4, 0.5) is 17.5 Å². The molecule has 126 valence electrons. The molecule has 0 radical (unpaired) electrons. The number of carbonyl (C=O) groups is 1. The molecule has 2 aliphatic rings. The van der Waals surface area contributed by atoms with Crippen molar-refractivity contribution >= 4 is 23.4 Å². The maximum absolute atomic E-state index is 11.9. The fourth-order valence-corrected chi connectivity index (χ4v) is 3.52. The van der Waals surface area contributed by atoms with Crippen LogP contribution in [0.25, 0.3) is 0 Å². The minimum Gasteiger partial charge on any atom is -0.466 e. The minimum absolute atomic E-state index is 0.127. The number of fused-ring (bicyclic) bond motifs is 1. The SMILES string of the molecule is CC(=O)OCC1CCCCC1CN1CNc2c1nc(N)[nH]c2=O. The van der Waals surface area contributed by atoms with Gasteiger partial charge in [0.15, 0.2) is 5.82 Å². The number of H-pyrrole nitrogens is 1. The molecule has 0 saturated heterocycles. The summed E-state index contributed by atoms with van der Waals surface area (Å²) >= 11 is 0. The topological polar surface area (TPSA) is 113 Å². The first-order chi connectivity index (χ1) is 11.0. The zero-order chi connectivity index (χ0) is 16.4. The number of carbonyl (C=O) groups excluding carboxylic acids is 1. The summed E-state index contributed by atoms with van der Waals surface area (Å²) < 4.78 is 5.22. The summed E-state index contributed by atoms with van der Waals surface area (Å²) in [7, 11) is 0. The highest BCUT2D eigenvalue weighted by molar-refractivity contribution is 5.70. The molecule has 0 aromatic carbocycles. The van der Waals surface area contributed by atoms with Gasteiger partial charge in [0.2, 0.25) is 5.95 Å². The van der Waals surface area contributed by atoms with Gasteiger partial charge in [0, 0.05) is 13.5 Å². The fraction of sp³-hybridized carbons (Fsp3) is 0.667. The number of anilines is 3. The Labute approximate surface area is 134 Å². The van der Waals surface area contributed by atoms with Crippen molar-refractivity contribution in [2.45, 2.75) is 32.6 Å². The molecule has 2 heterocycles. The van der Waals surface area contributed by atoms with E-state index in [-0.39, 0.29) is 17.5 Å². The van der Waals surface area contributed by atoms with Gasteiger partial charge in [-0.05, 0) is 24.7 Å². The molecule has 4 N–H and O–H groups in total. The molecule has 0 bridgehead atoms. The number of hydrogen-bond acceptors (Lipinski definition) is 7. The molecule has 1 saturated carbocycles. The summed E-state index contributed by atoms with van der Waals surface area (Å²) in [6, 6.07) is 0. The summed E-state index contributed by atoms with van der Waals surface area (Å²) in [5.41, 5.74) is 5.89. The number of hydrogen-bond donors (Lipinski definition) is 3. The zero-order valence-corrected chi connectivity index (χ0v) is 13.3. The van der Waals surface area contributed by atoms with Crippen molar-refractivity contribution < 1.29 is 9.53 Å². The van der Waals surface area contributed by atoms with Crippen molar-refractivity contribution in [3.8, 4) is 0 Å². The van der Waals surface area contributed by atoms with E-state index in [2.05, 4.69) is 20.2 Å². The Bertz CT molecular complexity index is 644. The van der Waals surface area contributed by atoms with Crippen LogP contribution in [-0.2, 0) is 9.53 Å². The monoisotopic (exact) mass is 321 g/mol. The van der Waals surface area contributed by atoms with E-state index in [4.69, 9.17) is 10.5 Å². The van der Waals surface area contributed by atoms with Crippen LogP contribution in [0, 0.1) is 11.8 Å². The summed E-state index contributed by atoms with van der Waals surface area (Å²) in [6.07, 6.45) is 4.51. The van der Waals surface area contributed by atoms with Crippen LogP contribution in [0.2, 0.25) is 0 Å². The van der Waals surface area contributed by atoms with E-state index >= 15 is 0 Å². The molecule has 0 amide bonds. The molecule has 3 rings (SSSR count). The molecule has 8 nitrogen and oxygen atoms in total. The maximum atomic E-state index is 11.9. The highest BCUT2D eigenvalue weighted by atomic mass is 16.5. The first-order valence-electron chi connectivity index (χ1n) is 8.06. The predicted octanol–water partition coefficient (Wildman–Crippen LogP) is 0.911. The molecular weight excluding hydrogens is 298 g/mol. The van der Waals surface area contributed by atoms with Crippen molar-refractivity contribution in [3.05, 3.63) is 10.4 Å². The molecule has 1 aromatic heterocycles. The number of ether oxygens (including phenoxy) is 1. The highest BCUT2D eigenvalue weighted by Gasteiger charge is 2.31. The van der Waals surface area contributed by atoms with Crippen LogP contribution in [0.3, 0.4) is 0 Å². The third-order valence-electron chi connectivity index (χ3n) is 4.69. The molecule has 2 unspecified atom stereocenters. The number of aromatic amines is 1. The number of nitrogens with one attached hydrogen (secondary N) is 2. The van der Waals surface area contributed by atoms with Gasteiger partial charge in [-0.1, -0.05) is 12.8 Å². The Balaban J connectivity index is 1.72. The van der Waals surface area contributed by atoms with Crippen molar-refractivity contribution in [1.82, 2.24) is 9.97 Å². The third-order valence-corrected chi connectivity index (χ3v) is 4.69.